The number of allylic oxidation sites excluding steroid dienone is 2. The van der Waals surface area contributed by atoms with Crippen molar-refractivity contribution in [2.45, 2.75) is 117 Å². The van der Waals surface area contributed by atoms with E-state index in [9.17, 15) is 24.9 Å². The minimum absolute atomic E-state index is 0.0858. The second kappa shape index (κ2) is 13.3. The molecule has 40 heavy (non-hydrogen) atoms. The van der Waals surface area contributed by atoms with Crippen LogP contribution in [0.25, 0.3) is 0 Å². The highest BCUT2D eigenvalue weighted by molar-refractivity contribution is 5.88. The second-order valence-corrected chi connectivity index (χ2v) is 12.1. The molecule has 0 amide bonds. The highest BCUT2D eigenvalue weighted by Crippen LogP contribution is 2.56. The third kappa shape index (κ3) is 6.39. The molecule has 3 aliphatic rings. The lowest BCUT2D eigenvalue weighted by molar-refractivity contribution is -0.328. The predicted molar refractivity (Wildman–Crippen MR) is 149 cm³/mol. The lowest BCUT2D eigenvalue weighted by Crippen LogP contribution is -2.64. The molecular formula is C31H48O9. The van der Waals surface area contributed by atoms with Crippen molar-refractivity contribution in [3.63, 3.8) is 0 Å². The highest BCUT2D eigenvalue weighted by atomic mass is 16.7. The van der Waals surface area contributed by atoms with E-state index in [1.165, 1.54) is 0 Å². The summed E-state index contributed by atoms with van der Waals surface area (Å²) in [7, 11) is 0. The van der Waals surface area contributed by atoms with Gasteiger partial charge in [0.15, 0.2) is 18.5 Å². The number of hydrogen-bond donors (Lipinski definition) is 3. The molecule has 0 aromatic heterocycles. The van der Waals surface area contributed by atoms with Crippen LogP contribution in [-0.2, 0) is 28.5 Å². The molecule has 9 nitrogen and oxygen atoms in total. The fourth-order valence-electron chi connectivity index (χ4n) is 6.45. The van der Waals surface area contributed by atoms with Crippen LogP contribution in [0.4, 0.5) is 0 Å². The number of aliphatic hydroxyl groups excluding tert-OH is 3. The van der Waals surface area contributed by atoms with Crippen LogP contribution in [0.1, 0.15) is 74.1 Å². The Kier molecular flexibility index (Phi) is 10.8. The van der Waals surface area contributed by atoms with E-state index in [-0.39, 0.29) is 17.8 Å². The molecular weight excluding hydrogens is 516 g/mol. The number of ether oxygens (including phenoxy) is 4. The number of rotatable bonds is 8. The van der Waals surface area contributed by atoms with Gasteiger partial charge in [-0.25, -0.2) is 9.59 Å². The maximum atomic E-state index is 12.8. The minimum Gasteiger partial charge on any atom is -0.452 e. The van der Waals surface area contributed by atoms with Crippen molar-refractivity contribution < 1.29 is 43.9 Å². The SMILES string of the molecule is C=C1CC[C@@H](O)[C@@]2(C)CC[C@@H](C(C)C)[C@@H](O[C@@H]3O[C@H](CO)[C@@H](OC(=O)/C(C)=C\C)[C@H](OC(=O)/C(C)=C\C)[C@H]3O)[C@H]12. The molecule has 0 aromatic carbocycles. The van der Waals surface area contributed by atoms with E-state index < -0.39 is 66.9 Å². The smallest absolute Gasteiger partial charge is 0.333 e. The van der Waals surface area contributed by atoms with Gasteiger partial charge in [0.1, 0.15) is 12.2 Å². The number of hydrogen-bond acceptors (Lipinski definition) is 9. The summed E-state index contributed by atoms with van der Waals surface area (Å²) in [4.78, 5) is 25.5. The van der Waals surface area contributed by atoms with Crippen LogP contribution in [0, 0.1) is 23.2 Å². The molecule has 3 N–H and O–H groups in total. The van der Waals surface area contributed by atoms with E-state index in [1.807, 2.05) is 0 Å². The first-order chi connectivity index (χ1) is 18.8. The van der Waals surface area contributed by atoms with Crippen molar-refractivity contribution in [1.82, 2.24) is 0 Å². The molecule has 2 aliphatic carbocycles. The van der Waals surface area contributed by atoms with Gasteiger partial charge in [-0.15, -0.1) is 0 Å². The third-order valence-corrected chi connectivity index (χ3v) is 9.36. The lowest BCUT2D eigenvalue weighted by atomic mass is 9.53. The molecule has 0 radical (unpaired) electrons. The van der Waals surface area contributed by atoms with Crippen LogP contribution < -0.4 is 0 Å². The standard InChI is InChI=1S/C31H48O9/c1-9-17(5)28(35)38-26-21(15-32)37-30(24(34)27(26)39-29(36)18(6)10-2)40-25-20(16(3)4)13-14-31(8)22(33)12-11-19(7)23(25)31/h9-10,16,20-27,30,32-34H,7,11-15H2,1-6,8H3/b17-9-,18-10-/t20-,21+,22+,23-,24+,25+,26+,27+,30-,31+/m0/s1. The molecule has 2 saturated carbocycles. The number of aliphatic hydroxyl groups is 3. The topological polar surface area (TPSA) is 132 Å². The summed E-state index contributed by atoms with van der Waals surface area (Å²) in [6.45, 7) is 16.6. The quantitative estimate of drug-likeness (QED) is 0.230. The second-order valence-electron chi connectivity index (χ2n) is 12.1. The van der Waals surface area contributed by atoms with Gasteiger partial charge in [0, 0.05) is 22.5 Å². The Morgan fingerprint density at radius 1 is 1.05 bits per heavy atom. The van der Waals surface area contributed by atoms with Crippen LogP contribution >= 0.6 is 0 Å². The first kappa shape index (κ1) is 32.5. The van der Waals surface area contributed by atoms with Crippen LogP contribution in [-0.4, -0.2) is 76.8 Å². The van der Waals surface area contributed by atoms with E-state index in [4.69, 9.17) is 18.9 Å². The molecule has 0 spiro atoms. The van der Waals surface area contributed by atoms with Crippen molar-refractivity contribution in [3.8, 4) is 0 Å². The number of carbonyl (C=O) groups is 2. The Hall–Kier alpha value is -2.04. The molecule has 10 atom stereocenters. The first-order valence-electron chi connectivity index (χ1n) is 14.4. The molecule has 9 heteroatoms. The van der Waals surface area contributed by atoms with Crippen LogP contribution in [0.3, 0.4) is 0 Å². The average molecular weight is 565 g/mol. The average Bonchev–Trinajstić information content (AvgIpc) is 2.92. The summed E-state index contributed by atoms with van der Waals surface area (Å²) in [6, 6.07) is 0. The summed E-state index contributed by atoms with van der Waals surface area (Å²) < 4.78 is 24.0. The van der Waals surface area contributed by atoms with E-state index in [1.54, 1.807) is 39.8 Å². The van der Waals surface area contributed by atoms with E-state index in [0.29, 0.717) is 24.0 Å². The molecule has 0 unspecified atom stereocenters. The zero-order chi connectivity index (χ0) is 29.9. The van der Waals surface area contributed by atoms with Crippen molar-refractivity contribution in [2.24, 2.45) is 23.2 Å². The first-order valence-corrected chi connectivity index (χ1v) is 14.4. The number of fused-ring (bicyclic) bond motifs is 1. The van der Waals surface area contributed by atoms with Gasteiger partial charge in [-0.1, -0.05) is 45.1 Å². The van der Waals surface area contributed by atoms with Crippen molar-refractivity contribution in [2.75, 3.05) is 6.61 Å². The summed E-state index contributed by atoms with van der Waals surface area (Å²) in [5.74, 6) is -1.23. The van der Waals surface area contributed by atoms with Gasteiger partial charge in [-0.3, -0.25) is 0 Å². The molecule has 3 rings (SSSR count). The van der Waals surface area contributed by atoms with Gasteiger partial charge >= 0.3 is 11.9 Å². The maximum Gasteiger partial charge on any atom is 0.333 e. The number of esters is 2. The molecule has 1 heterocycles. The van der Waals surface area contributed by atoms with Gasteiger partial charge in [0.25, 0.3) is 0 Å². The molecule has 0 aromatic rings. The van der Waals surface area contributed by atoms with Crippen molar-refractivity contribution >= 4 is 11.9 Å². The summed E-state index contributed by atoms with van der Waals surface area (Å²) >= 11 is 0. The Morgan fingerprint density at radius 2 is 1.62 bits per heavy atom. The van der Waals surface area contributed by atoms with E-state index in [2.05, 4.69) is 27.4 Å². The number of carbonyl (C=O) groups excluding carboxylic acids is 2. The third-order valence-electron chi connectivity index (χ3n) is 9.36. The fraction of sp³-hybridized carbons (Fsp3) is 0.742. The van der Waals surface area contributed by atoms with Gasteiger partial charge in [0.2, 0.25) is 0 Å². The largest absolute Gasteiger partial charge is 0.452 e. The Labute approximate surface area is 238 Å². The Morgan fingerprint density at radius 3 is 2.15 bits per heavy atom. The highest BCUT2D eigenvalue weighted by Gasteiger charge is 2.57. The minimum atomic E-state index is -1.53. The zero-order valence-corrected chi connectivity index (χ0v) is 25.0. The van der Waals surface area contributed by atoms with Gasteiger partial charge in [-0.05, 0) is 65.2 Å². The van der Waals surface area contributed by atoms with Gasteiger partial charge in [-0.2, -0.15) is 0 Å². The fourth-order valence-corrected chi connectivity index (χ4v) is 6.45. The van der Waals surface area contributed by atoms with Crippen LogP contribution in [0.5, 0.6) is 0 Å². The van der Waals surface area contributed by atoms with E-state index >= 15 is 0 Å². The molecule has 1 saturated heterocycles. The Bertz CT molecular complexity index is 1000. The molecule has 1 aliphatic heterocycles. The van der Waals surface area contributed by atoms with Gasteiger partial charge in [0.05, 0.1) is 18.8 Å². The lowest BCUT2D eigenvalue weighted by Gasteiger charge is -2.56. The molecule has 3 fully saturated rings. The van der Waals surface area contributed by atoms with Crippen molar-refractivity contribution in [3.05, 3.63) is 35.5 Å². The Balaban J connectivity index is 1.99. The molecule has 0 bridgehead atoms. The normalized spacial score (nSPS) is 39.1. The monoisotopic (exact) mass is 564 g/mol. The van der Waals surface area contributed by atoms with Crippen molar-refractivity contribution in [1.29, 1.82) is 0 Å². The summed E-state index contributed by atoms with van der Waals surface area (Å²) in [5.41, 5.74) is 1.17. The molecule has 226 valence electrons. The van der Waals surface area contributed by atoms with E-state index in [0.717, 1.165) is 18.4 Å². The van der Waals surface area contributed by atoms with Crippen LogP contribution in [0.2, 0.25) is 0 Å². The maximum absolute atomic E-state index is 12.8. The predicted octanol–water partition coefficient (Wildman–Crippen LogP) is 3.61. The zero-order valence-electron chi connectivity index (χ0n) is 25.0. The van der Waals surface area contributed by atoms with Gasteiger partial charge < -0.3 is 34.3 Å². The summed E-state index contributed by atoms with van der Waals surface area (Å²) in [6.07, 6.45) is -1.45. The summed E-state index contributed by atoms with van der Waals surface area (Å²) in [5, 5.41) is 32.9. The van der Waals surface area contributed by atoms with Crippen LogP contribution in [0.15, 0.2) is 35.5 Å².